The average molecular weight is 243 g/mol. The van der Waals surface area contributed by atoms with Crippen molar-refractivity contribution in [2.75, 3.05) is 0 Å². The Morgan fingerprint density at radius 1 is 1.06 bits per heavy atom. The molecule has 92 valence electrons. The van der Waals surface area contributed by atoms with Crippen LogP contribution in [0.5, 0.6) is 0 Å². The molecule has 0 saturated heterocycles. The van der Waals surface area contributed by atoms with Gasteiger partial charge in [-0.05, 0) is 34.9 Å². The molecular formula is C14H13NO3. The molecule has 0 saturated carbocycles. The molecule has 0 atom stereocenters. The lowest BCUT2D eigenvalue weighted by Crippen LogP contribution is -2.18. The van der Waals surface area contributed by atoms with Crippen molar-refractivity contribution in [1.29, 1.82) is 0 Å². The maximum Gasteiger partial charge on any atom is 0.274 e. The van der Waals surface area contributed by atoms with Crippen LogP contribution in [-0.4, -0.2) is 16.2 Å². The smallest absolute Gasteiger partial charge is 0.274 e. The number of aliphatic hydroxyl groups excluding tert-OH is 1. The van der Waals surface area contributed by atoms with Crippen LogP contribution in [0, 0.1) is 0 Å². The number of nitrogens with one attached hydrogen (secondary N) is 1. The zero-order chi connectivity index (χ0) is 13.0. The van der Waals surface area contributed by atoms with Crippen molar-refractivity contribution in [2.24, 2.45) is 0 Å². The molecule has 2 aromatic rings. The van der Waals surface area contributed by atoms with E-state index in [0.29, 0.717) is 5.56 Å². The molecule has 0 aliphatic carbocycles. The van der Waals surface area contributed by atoms with Crippen molar-refractivity contribution >= 4 is 5.91 Å². The predicted molar refractivity (Wildman–Crippen MR) is 67.1 cm³/mol. The largest absolute Gasteiger partial charge is 0.392 e. The maximum absolute atomic E-state index is 11.2. The number of carbonyl (C=O) groups excluding carboxylic acids is 1. The molecule has 18 heavy (non-hydrogen) atoms. The minimum Gasteiger partial charge on any atom is -0.392 e. The SMILES string of the molecule is O=C(NO)c1ccc(-c2cccc(CO)c2)cc1. The van der Waals surface area contributed by atoms with E-state index in [2.05, 4.69) is 0 Å². The molecule has 0 aromatic heterocycles. The van der Waals surface area contributed by atoms with E-state index < -0.39 is 5.91 Å². The van der Waals surface area contributed by atoms with Crippen molar-refractivity contribution in [2.45, 2.75) is 6.61 Å². The summed E-state index contributed by atoms with van der Waals surface area (Å²) in [6.07, 6.45) is 0. The summed E-state index contributed by atoms with van der Waals surface area (Å²) in [6, 6.07) is 14.4. The highest BCUT2D eigenvalue weighted by atomic mass is 16.5. The minimum absolute atomic E-state index is 0.00115. The summed E-state index contributed by atoms with van der Waals surface area (Å²) in [4.78, 5) is 11.2. The van der Waals surface area contributed by atoms with Gasteiger partial charge in [-0.2, -0.15) is 0 Å². The number of hydrogen-bond donors (Lipinski definition) is 3. The van der Waals surface area contributed by atoms with Gasteiger partial charge in [0, 0.05) is 5.56 Å². The van der Waals surface area contributed by atoms with E-state index >= 15 is 0 Å². The molecule has 1 amide bonds. The summed E-state index contributed by atoms with van der Waals surface area (Å²) >= 11 is 0. The molecule has 4 heteroatoms. The van der Waals surface area contributed by atoms with Gasteiger partial charge in [0.15, 0.2) is 0 Å². The molecule has 3 N–H and O–H groups in total. The molecule has 0 aliphatic rings. The first-order chi connectivity index (χ1) is 8.74. The van der Waals surface area contributed by atoms with Gasteiger partial charge in [-0.15, -0.1) is 0 Å². The molecule has 0 spiro atoms. The highest BCUT2D eigenvalue weighted by Crippen LogP contribution is 2.21. The van der Waals surface area contributed by atoms with Crippen LogP contribution in [-0.2, 0) is 6.61 Å². The van der Waals surface area contributed by atoms with Gasteiger partial charge in [-0.3, -0.25) is 10.0 Å². The van der Waals surface area contributed by atoms with Crippen LogP contribution >= 0.6 is 0 Å². The first-order valence-corrected chi connectivity index (χ1v) is 5.49. The number of hydrogen-bond acceptors (Lipinski definition) is 3. The van der Waals surface area contributed by atoms with E-state index in [1.54, 1.807) is 29.7 Å². The van der Waals surface area contributed by atoms with Crippen LogP contribution in [0.25, 0.3) is 11.1 Å². The Morgan fingerprint density at radius 2 is 1.78 bits per heavy atom. The Kier molecular flexibility index (Phi) is 3.72. The molecule has 0 unspecified atom stereocenters. The monoisotopic (exact) mass is 243 g/mol. The fourth-order valence-electron chi connectivity index (χ4n) is 1.73. The van der Waals surface area contributed by atoms with Gasteiger partial charge in [0.25, 0.3) is 5.91 Å². The molecule has 0 heterocycles. The lowest BCUT2D eigenvalue weighted by atomic mass is 10.0. The Balaban J connectivity index is 2.31. The molecule has 0 radical (unpaired) electrons. The van der Waals surface area contributed by atoms with Crippen LogP contribution in [0.2, 0.25) is 0 Å². The van der Waals surface area contributed by atoms with Crippen molar-refractivity contribution in [3.05, 3.63) is 59.7 Å². The van der Waals surface area contributed by atoms with Gasteiger partial charge in [0.2, 0.25) is 0 Å². The fourth-order valence-corrected chi connectivity index (χ4v) is 1.73. The predicted octanol–water partition coefficient (Wildman–Crippen LogP) is 1.96. The normalized spacial score (nSPS) is 10.1. The van der Waals surface area contributed by atoms with Gasteiger partial charge < -0.3 is 5.11 Å². The van der Waals surface area contributed by atoms with E-state index in [1.165, 1.54) is 0 Å². The third kappa shape index (κ3) is 2.56. The van der Waals surface area contributed by atoms with E-state index in [1.807, 2.05) is 24.3 Å². The highest BCUT2D eigenvalue weighted by molar-refractivity contribution is 5.93. The second kappa shape index (κ2) is 5.44. The Hall–Kier alpha value is -2.17. The molecular weight excluding hydrogens is 230 g/mol. The average Bonchev–Trinajstić information content (AvgIpc) is 2.46. The van der Waals surface area contributed by atoms with Crippen LogP contribution in [0.1, 0.15) is 15.9 Å². The second-order valence-electron chi connectivity index (χ2n) is 3.88. The number of rotatable bonds is 3. The molecule has 2 aromatic carbocycles. The third-order valence-electron chi connectivity index (χ3n) is 2.69. The highest BCUT2D eigenvalue weighted by Gasteiger charge is 2.04. The number of amides is 1. The van der Waals surface area contributed by atoms with Gasteiger partial charge in [-0.25, -0.2) is 5.48 Å². The Bertz CT molecular complexity index is 549. The molecule has 0 fully saturated rings. The third-order valence-corrected chi connectivity index (χ3v) is 2.69. The summed E-state index contributed by atoms with van der Waals surface area (Å²) < 4.78 is 0. The summed E-state index contributed by atoms with van der Waals surface area (Å²) in [5.74, 6) is -0.536. The molecule has 4 nitrogen and oxygen atoms in total. The van der Waals surface area contributed by atoms with Crippen molar-refractivity contribution in [1.82, 2.24) is 5.48 Å². The number of aliphatic hydroxyl groups is 1. The molecule has 0 bridgehead atoms. The van der Waals surface area contributed by atoms with Crippen LogP contribution in [0.4, 0.5) is 0 Å². The second-order valence-corrected chi connectivity index (χ2v) is 3.88. The first-order valence-electron chi connectivity index (χ1n) is 5.49. The maximum atomic E-state index is 11.2. The van der Waals surface area contributed by atoms with E-state index in [-0.39, 0.29) is 6.61 Å². The first kappa shape index (κ1) is 12.3. The van der Waals surface area contributed by atoms with Gasteiger partial charge in [0.1, 0.15) is 0 Å². The zero-order valence-electron chi connectivity index (χ0n) is 9.63. The number of hydroxylamine groups is 1. The molecule has 2 rings (SSSR count). The van der Waals surface area contributed by atoms with Crippen LogP contribution in [0.3, 0.4) is 0 Å². The van der Waals surface area contributed by atoms with Gasteiger partial charge in [0.05, 0.1) is 6.61 Å². The Morgan fingerprint density at radius 3 is 2.39 bits per heavy atom. The van der Waals surface area contributed by atoms with Crippen LogP contribution in [0.15, 0.2) is 48.5 Å². The van der Waals surface area contributed by atoms with E-state index in [4.69, 9.17) is 10.3 Å². The quantitative estimate of drug-likeness (QED) is 0.570. The number of carbonyl (C=O) groups is 1. The van der Waals surface area contributed by atoms with Crippen molar-refractivity contribution < 1.29 is 15.1 Å². The van der Waals surface area contributed by atoms with E-state index in [0.717, 1.165) is 16.7 Å². The lowest BCUT2D eigenvalue weighted by Gasteiger charge is -2.05. The summed E-state index contributed by atoms with van der Waals surface area (Å²) in [6.45, 7) is -0.00115. The number of benzene rings is 2. The van der Waals surface area contributed by atoms with Crippen LogP contribution < -0.4 is 5.48 Å². The van der Waals surface area contributed by atoms with Gasteiger partial charge >= 0.3 is 0 Å². The van der Waals surface area contributed by atoms with Crippen molar-refractivity contribution in [3.8, 4) is 11.1 Å². The Labute approximate surface area is 104 Å². The lowest BCUT2D eigenvalue weighted by molar-refractivity contribution is 0.0706. The standard InChI is InChI=1S/C14H13NO3/c16-9-10-2-1-3-13(8-10)11-4-6-12(7-5-11)14(17)15-18/h1-8,16,18H,9H2,(H,15,17). The fraction of sp³-hybridized carbons (Fsp3) is 0.0714. The zero-order valence-corrected chi connectivity index (χ0v) is 9.63. The minimum atomic E-state index is -0.536. The molecule has 0 aliphatic heterocycles. The van der Waals surface area contributed by atoms with Crippen molar-refractivity contribution in [3.63, 3.8) is 0 Å². The van der Waals surface area contributed by atoms with E-state index in [9.17, 15) is 4.79 Å². The summed E-state index contributed by atoms with van der Waals surface area (Å²) in [5.41, 5.74) is 4.73. The topological polar surface area (TPSA) is 69.6 Å². The summed E-state index contributed by atoms with van der Waals surface area (Å²) in [5, 5.41) is 17.6. The van der Waals surface area contributed by atoms with Gasteiger partial charge in [-0.1, -0.05) is 30.3 Å². The summed E-state index contributed by atoms with van der Waals surface area (Å²) in [7, 11) is 0.